The van der Waals surface area contributed by atoms with Crippen LogP contribution in [0.2, 0.25) is 0 Å². The van der Waals surface area contributed by atoms with Crippen molar-refractivity contribution in [2.24, 2.45) is 5.73 Å². The van der Waals surface area contributed by atoms with E-state index in [0.29, 0.717) is 17.1 Å². The molecule has 0 amide bonds. The van der Waals surface area contributed by atoms with Crippen LogP contribution in [0.1, 0.15) is 5.56 Å². The molecule has 0 radical (unpaired) electrons. The standard InChI is InChI=1S/C9H12N2O2/c1-12-7-4-3-6(9(10)11)5-8(7)13-2/h3-5H,1-2H3,(H3,10,11). The number of nitrogens with two attached hydrogens (primary N) is 1. The van der Waals surface area contributed by atoms with E-state index in [1.165, 1.54) is 0 Å². The molecule has 4 nitrogen and oxygen atoms in total. The summed E-state index contributed by atoms with van der Waals surface area (Å²) in [7, 11) is 3.10. The Morgan fingerprint density at radius 2 is 1.85 bits per heavy atom. The van der Waals surface area contributed by atoms with E-state index in [1.807, 2.05) is 0 Å². The molecule has 0 aliphatic carbocycles. The fraction of sp³-hybridized carbons (Fsp3) is 0.222. The van der Waals surface area contributed by atoms with Gasteiger partial charge in [0, 0.05) is 5.56 Å². The van der Waals surface area contributed by atoms with E-state index in [9.17, 15) is 0 Å². The van der Waals surface area contributed by atoms with Crippen LogP contribution < -0.4 is 15.2 Å². The van der Waals surface area contributed by atoms with Crippen LogP contribution in [0.15, 0.2) is 18.2 Å². The van der Waals surface area contributed by atoms with E-state index in [1.54, 1.807) is 32.4 Å². The highest BCUT2D eigenvalue weighted by Crippen LogP contribution is 2.27. The summed E-state index contributed by atoms with van der Waals surface area (Å²) >= 11 is 0. The van der Waals surface area contributed by atoms with Gasteiger partial charge in [0.05, 0.1) is 14.2 Å². The van der Waals surface area contributed by atoms with E-state index in [0.717, 1.165) is 0 Å². The van der Waals surface area contributed by atoms with Crippen molar-refractivity contribution in [3.8, 4) is 11.5 Å². The number of benzene rings is 1. The van der Waals surface area contributed by atoms with Crippen LogP contribution in [0, 0.1) is 5.41 Å². The van der Waals surface area contributed by atoms with Crippen molar-refractivity contribution in [1.82, 2.24) is 0 Å². The number of ether oxygens (including phenoxy) is 2. The molecule has 1 aromatic rings. The molecular formula is C9H12N2O2. The predicted molar refractivity (Wildman–Crippen MR) is 50.6 cm³/mol. The van der Waals surface area contributed by atoms with Crippen LogP contribution in [0.5, 0.6) is 11.5 Å². The first-order valence-corrected chi connectivity index (χ1v) is 3.75. The lowest BCUT2D eigenvalue weighted by Gasteiger charge is -2.08. The molecule has 3 N–H and O–H groups in total. The van der Waals surface area contributed by atoms with Crippen molar-refractivity contribution in [3.05, 3.63) is 23.8 Å². The maximum absolute atomic E-state index is 7.22. The topological polar surface area (TPSA) is 68.3 Å². The number of amidine groups is 1. The van der Waals surface area contributed by atoms with Crippen molar-refractivity contribution in [1.29, 1.82) is 5.41 Å². The molecule has 0 unspecified atom stereocenters. The number of hydrogen-bond acceptors (Lipinski definition) is 3. The predicted octanol–water partition coefficient (Wildman–Crippen LogP) is 0.988. The Labute approximate surface area is 76.8 Å². The molecule has 4 heteroatoms. The summed E-state index contributed by atoms with van der Waals surface area (Å²) in [5.74, 6) is 1.23. The zero-order valence-electron chi connectivity index (χ0n) is 7.63. The first kappa shape index (κ1) is 9.38. The molecular weight excluding hydrogens is 168 g/mol. The van der Waals surface area contributed by atoms with Crippen molar-refractivity contribution in [2.45, 2.75) is 0 Å². The Bertz CT molecular complexity index is 323. The third-order valence-electron chi connectivity index (χ3n) is 1.69. The first-order valence-electron chi connectivity index (χ1n) is 3.75. The van der Waals surface area contributed by atoms with Crippen molar-refractivity contribution >= 4 is 5.84 Å². The van der Waals surface area contributed by atoms with Gasteiger partial charge in [0.25, 0.3) is 0 Å². The third-order valence-corrected chi connectivity index (χ3v) is 1.69. The average molecular weight is 180 g/mol. The van der Waals surface area contributed by atoms with Crippen molar-refractivity contribution in [3.63, 3.8) is 0 Å². The van der Waals surface area contributed by atoms with Crippen LogP contribution in [-0.4, -0.2) is 20.1 Å². The van der Waals surface area contributed by atoms with Gasteiger partial charge in [-0.15, -0.1) is 0 Å². The highest BCUT2D eigenvalue weighted by molar-refractivity contribution is 5.95. The fourth-order valence-corrected chi connectivity index (χ4v) is 1.00. The monoisotopic (exact) mass is 180 g/mol. The summed E-state index contributed by atoms with van der Waals surface area (Å²) < 4.78 is 10.1. The molecule has 13 heavy (non-hydrogen) atoms. The van der Waals surface area contributed by atoms with Gasteiger partial charge >= 0.3 is 0 Å². The van der Waals surface area contributed by atoms with Gasteiger partial charge in [-0.25, -0.2) is 0 Å². The minimum absolute atomic E-state index is 0.0148. The Hall–Kier alpha value is -1.71. The van der Waals surface area contributed by atoms with Crippen LogP contribution in [0.4, 0.5) is 0 Å². The maximum atomic E-state index is 7.22. The van der Waals surface area contributed by atoms with E-state index in [4.69, 9.17) is 20.6 Å². The van der Waals surface area contributed by atoms with Gasteiger partial charge in [-0.2, -0.15) is 0 Å². The van der Waals surface area contributed by atoms with Crippen molar-refractivity contribution in [2.75, 3.05) is 14.2 Å². The molecule has 70 valence electrons. The SMILES string of the molecule is COc1ccc(C(=N)N)cc1OC. The molecule has 1 rings (SSSR count). The third kappa shape index (κ3) is 1.90. The van der Waals surface area contributed by atoms with Crippen LogP contribution >= 0.6 is 0 Å². The molecule has 0 aliphatic heterocycles. The molecule has 1 aromatic carbocycles. The van der Waals surface area contributed by atoms with Crippen LogP contribution in [0.25, 0.3) is 0 Å². The van der Waals surface area contributed by atoms with E-state index in [-0.39, 0.29) is 5.84 Å². The number of hydrogen-bond donors (Lipinski definition) is 2. The van der Waals surface area contributed by atoms with Crippen LogP contribution in [0.3, 0.4) is 0 Å². The number of methoxy groups -OCH3 is 2. The minimum Gasteiger partial charge on any atom is -0.493 e. The summed E-state index contributed by atoms with van der Waals surface area (Å²) in [6.45, 7) is 0. The minimum atomic E-state index is 0.0148. The normalized spacial score (nSPS) is 9.38. The molecule has 0 saturated carbocycles. The summed E-state index contributed by atoms with van der Waals surface area (Å²) in [6.07, 6.45) is 0. The second-order valence-electron chi connectivity index (χ2n) is 2.48. The molecule has 0 aliphatic rings. The first-order chi connectivity index (χ1) is 6.19. The van der Waals surface area contributed by atoms with Gasteiger partial charge in [0.1, 0.15) is 5.84 Å². The lowest BCUT2D eigenvalue weighted by Crippen LogP contribution is -2.11. The quantitative estimate of drug-likeness (QED) is 0.538. The molecule has 0 atom stereocenters. The lowest BCUT2D eigenvalue weighted by atomic mass is 10.2. The second kappa shape index (κ2) is 3.80. The summed E-state index contributed by atoms with van der Waals surface area (Å²) in [5, 5.41) is 7.22. The van der Waals surface area contributed by atoms with E-state index >= 15 is 0 Å². The Morgan fingerprint density at radius 3 is 2.31 bits per heavy atom. The number of nitrogens with one attached hydrogen (secondary N) is 1. The second-order valence-corrected chi connectivity index (χ2v) is 2.48. The highest BCUT2D eigenvalue weighted by atomic mass is 16.5. The zero-order chi connectivity index (χ0) is 9.84. The van der Waals surface area contributed by atoms with Gasteiger partial charge in [0.2, 0.25) is 0 Å². The Morgan fingerprint density at radius 1 is 1.23 bits per heavy atom. The number of nitrogen functional groups attached to an aromatic ring is 1. The highest BCUT2D eigenvalue weighted by Gasteiger charge is 2.05. The molecule has 0 heterocycles. The summed E-state index contributed by atoms with van der Waals surface area (Å²) in [4.78, 5) is 0. The van der Waals surface area contributed by atoms with E-state index < -0.39 is 0 Å². The molecule has 0 saturated heterocycles. The van der Waals surface area contributed by atoms with Gasteiger partial charge in [0.15, 0.2) is 11.5 Å². The summed E-state index contributed by atoms with van der Waals surface area (Å²) in [6, 6.07) is 5.10. The Kier molecular flexibility index (Phi) is 2.74. The largest absolute Gasteiger partial charge is 0.493 e. The molecule has 0 aromatic heterocycles. The molecule has 0 bridgehead atoms. The van der Waals surface area contributed by atoms with E-state index in [2.05, 4.69) is 0 Å². The lowest BCUT2D eigenvalue weighted by molar-refractivity contribution is 0.355. The zero-order valence-corrected chi connectivity index (χ0v) is 7.63. The van der Waals surface area contributed by atoms with Gasteiger partial charge in [-0.1, -0.05) is 0 Å². The van der Waals surface area contributed by atoms with Gasteiger partial charge < -0.3 is 15.2 Å². The van der Waals surface area contributed by atoms with Gasteiger partial charge in [-0.05, 0) is 18.2 Å². The summed E-state index contributed by atoms with van der Waals surface area (Å²) in [5.41, 5.74) is 5.94. The van der Waals surface area contributed by atoms with Gasteiger partial charge in [-0.3, -0.25) is 5.41 Å². The fourth-order valence-electron chi connectivity index (χ4n) is 1.00. The maximum Gasteiger partial charge on any atom is 0.161 e. The smallest absolute Gasteiger partial charge is 0.161 e. The molecule has 0 spiro atoms. The average Bonchev–Trinajstić information content (AvgIpc) is 2.16. The van der Waals surface area contributed by atoms with Crippen molar-refractivity contribution < 1.29 is 9.47 Å². The number of rotatable bonds is 3. The van der Waals surface area contributed by atoms with Crippen LogP contribution in [-0.2, 0) is 0 Å². The molecule has 0 fully saturated rings. The Balaban J connectivity index is 3.13.